The molecule has 2 rings (SSSR count). The topological polar surface area (TPSA) is 23.5 Å². The lowest BCUT2D eigenvalue weighted by atomic mass is 9.73. The minimum atomic E-state index is -0.355. The predicted octanol–water partition coefficient (Wildman–Crippen LogP) is 1.35. The zero-order valence-corrected chi connectivity index (χ0v) is 8.95. The van der Waals surface area contributed by atoms with Crippen molar-refractivity contribution in [2.45, 2.75) is 32.3 Å². The van der Waals surface area contributed by atoms with E-state index in [2.05, 4.69) is 25.8 Å². The van der Waals surface area contributed by atoms with E-state index < -0.39 is 0 Å². The van der Waals surface area contributed by atoms with Crippen molar-refractivity contribution in [1.82, 2.24) is 4.90 Å². The number of rotatable bonds is 1. The molecule has 2 heteroatoms. The first-order valence-electron chi connectivity index (χ1n) is 5.46. The Hall–Kier alpha value is -0.0800. The van der Waals surface area contributed by atoms with Crippen molar-refractivity contribution in [3.05, 3.63) is 0 Å². The lowest BCUT2D eigenvalue weighted by Crippen LogP contribution is -2.55. The number of nitrogens with zero attached hydrogens (tertiary/aromatic N) is 1. The van der Waals surface area contributed by atoms with Gasteiger partial charge in [-0.1, -0.05) is 13.8 Å². The summed E-state index contributed by atoms with van der Waals surface area (Å²) in [4.78, 5) is 2.37. The fraction of sp³-hybridized carbons (Fsp3) is 1.00. The zero-order valence-electron chi connectivity index (χ0n) is 8.95. The second-order valence-corrected chi connectivity index (χ2v) is 5.23. The van der Waals surface area contributed by atoms with E-state index in [0.717, 1.165) is 13.1 Å². The third-order valence-electron chi connectivity index (χ3n) is 4.16. The van der Waals surface area contributed by atoms with Crippen LogP contribution in [0.15, 0.2) is 0 Å². The van der Waals surface area contributed by atoms with Gasteiger partial charge in [0.05, 0.1) is 5.60 Å². The van der Waals surface area contributed by atoms with Crippen molar-refractivity contribution in [1.29, 1.82) is 0 Å². The van der Waals surface area contributed by atoms with E-state index in [4.69, 9.17) is 0 Å². The first-order valence-corrected chi connectivity index (χ1v) is 5.46. The molecule has 0 aromatic carbocycles. The van der Waals surface area contributed by atoms with E-state index in [0.29, 0.717) is 17.8 Å². The van der Waals surface area contributed by atoms with Crippen molar-refractivity contribution in [2.75, 3.05) is 20.1 Å². The Labute approximate surface area is 80.9 Å². The molecular formula is C11H21NO. The molecular weight excluding hydrogens is 162 g/mol. The van der Waals surface area contributed by atoms with Crippen LogP contribution < -0.4 is 0 Å². The highest BCUT2D eigenvalue weighted by molar-refractivity contribution is 5.05. The normalized spacial score (nSPS) is 45.9. The first kappa shape index (κ1) is 9.47. The number of piperidine rings is 1. The van der Waals surface area contributed by atoms with Gasteiger partial charge in [0.25, 0.3) is 0 Å². The molecule has 0 radical (unpaired) electrons. The van der Waals surface area contributed by atoms with Crippen molar-refractivity contribution >= 4 is 0 Å². The minimum absolute atomic E-state index is 0.355. The Balaban J connectivity index is 2.23. The van der Waals surface area contributed by atoms with Gasteiger partial charge in [-0.3, -0.25) is 0 Å². The van der Waals surface area contributed by atoms with Crippen molar-refractivity contribution in [3.63, 3.8) is 0 Å². The Kier molecular flexibility index (Phi) is 2.16. The second kappa shape index (κ2) is 2.96. The average Bonchev–Trinajstić information content (AvgIpc) is 2.29. The summed E-state index contributed by atoms with van der Waals surface area (Å²) in [6.07, 6.45) is 2.45. The molecule has 2 unspecified atom stereocenters. The Bertz CT molecular complexity index is 188. The molecule has 2 fully saturated rings. The zero-order chi connectivity index (χ0) is 9.64. The Morgan fingerprint density at radius 3 is 2.08 bits per heavy atom. The predicted molar refractivity (Wildman–Crippen MR) is 53.5 cm³/mol. The Morgan fingerprint density at radius 1 is 1.23 bits per heavy atom. The molecule has 0 spiro atoms. The number of hydrogen-bond acceptors (Lipinski definition) is 2. The van der Waals surface area contributed by atoms with Crippen molar-refractivity contribution < 1.29 is 5.11 Å². The van der Waals surface area contributed by atoms with Gasteiger partial charge >= 0.3 is 0 Å². The van der Waals surface area contributed by atoms with E-state index in [1.807, 2.05) is 0 Å². The molecule has 0 amide bonds. The quantitative estimate of drug-likeness (QED) is 0.663. The molecule has 2 bridgehead atoms. The van der Waals surface area contributed by atoms with Gasteiger partial charge in [-0.25, -0.2) is 0 Å². The van der Waals surface area contributed by atoms with E-state index in [1.165, 1.54) is 12.8 Å². The van der Waals surface area contributed by atoms with Gasteiger partial charge in [0.15, 0.2) is 0 Å². The van der Waals surface area contributed by atoms with Gasteiger partial charge in [-0.2, -0.15) is 0 Å². The molecule has 1 aliphatic carbocycles. The van der Waals surface area contributed by atoms with Gasteiger partial charge in [0.1, 0.15) is 0 Å². The van der Waals surface area contributed by atoms with Gasteiger partial charge in [-0.15, -0.1) is 0 Å². The fourth-order valence-corrected chi connectivity index (χ4v) is 3.44. The van der Waals surface area contributed by atoms with E-state index >= 15 is 0 Å². The highest BCUT2D eigenvalue weighted by Gasteiger charge is 2.53. The SMILES string of the molecule is CC(C)C1(O)C2CCC1CN(C)C2. The standard InChI is InChI=1S/C11H21NO/c1-8(2)11(13)9-4-5-10(11)7-12(3)6-9/h8-10,13H,4-7H2,1-3H3. The van der Waals surface area contributed by atoms with Gasteiger partial charge < -0.3 is 10.0 Å². The van der Waals surface area contributed by atoms with Crippen LogP contribution in [0, 0.1) is 17.8 Å². The average molecular weight is 183 g/mol. The van der Waals surface area contributed by atoms with Crippen LogP contribution >= 0.6 is 0 Å². The molecule has 76 valence electrons. The van der Waals surface area contributed by atoms with Crippen LogP contribution in [0.3, 0.4) is 0 Å². The molecule has 0 aromatic heterocycles. The molecule has 2 nitrogen and oxygen atoms in total. The lowest BCUT2D eigenvalue weighted by Gasteiger charge is -2.46. The second-order valence-electron chi connectivity index (χ2n) is 5.23. The number of likely N-dealkylation sites (tertiary alicyclic amines) is 1. The van der Waals surface area contributed by atoms with Gasteiger partial charge in [0, 0.05) is 24.9 Å². The maximum atomic E-state index is 10.6. The summed E-state index contributed by atoms with van der Waals surface area (Å²) in [6, 6.07) is 0. The molecule has 13 heavy (non-hydrogen) atoms. The molecule has 1 N–H and O–H groups in total. The molecule has 2 atom stereocenters. The smallest absolute Gasteiger partial charge is 0.0750 e. The monoisotopic (exact) mass is 183 g/mol. The molecule has 0 aromatic rings. The van der Waals surface area contributed by atoms with Crippen LogP contribution in [0.4, 0.5) is 0 Å². The third-order valence-corrected chi connectivity index (χ3v) is 4.16. The number of aliphatic hydroxyl groups is 1. The third kappa shape index (κ3) is 1.23. The molecule has 2 aliphatic rings. The van der Waals surface area contributed by atoms with Gasteiger partial charge in [0.2, 0.25) is 0 Å². The highest BCUT2D eigenvalue weighted by Crippen LogP contribution is 2.48. The molecule has 1 saturated carbocycles. The number of fused-ring (bicyclic) bond motifs is 2. The van der Waals surface area contributed by atoms with Crippen LogP contribution in [0.5, 0.6) is 0 Å². The van der Waals surface area contributed by atoms with Crippen molar-refractivity contribution in [2.24, 2.45) is 17.8 Å². The maximum Gasteiger partial charge on any atom is 0.0750 e. The summed E-state index contributed by atoms with van der Waals surface area (Å²) in [5.41, 5.74) is -0.355. The minimum Gasteiger partial charge on any atom is -0.389 e. The van der Waals surface area contributed by atoms with Crippen LogP contribution in [0.1, 0.15) is 26.7 Å². The summed E-state index contributed by atoms with van der Waals surface area (Å²) < 4.78 is 0. The van der Waals surface area contributed by atoms with Crippen LogP contribution in [0.2, 0.25) is 0 Å². The van der Waals surface area contributed by atoms with E-state index in [9.17, 15) is 5.11 Å². The molecule has 1 heterocycles. The largest absolute Gasteiger partial charge is 0.389 e. The summed E-state index contributed by atoms with van der Waals surface area (Å²) in [5, 5.41) is 10.6. The maximum absolute atomic E-state index is 10.6. The van der Waals surface area contributed by atoms with Crippen LogP contribution in [-0.2, 0) is 0 Å². The highest BCUT2D eigenvalue weighted by atomic mass is 16.3. The summed E-state index contributed by atoms with van der Waals surface area (Å²) in [7, 11) is 2.17. The summed E-state index contributed by atoms with van der Waals surface area (Å²) in [6.45, 7) is 6.50. The van der Waals surface area contributed by atoms with E-state index in [1.54, 1.807) is 0 Å². The summed E-state index contributed by atoms with van der Waals surface area (Å²) in [5.74, 6) is 1.46. The fourth-order valence-electron chi connectivity index (χ4n) is 3.44. The molecule has 1 saturated heterocycles. The molecule has 1 aliphatic heterocycles. The lowest BCUT2D eigenvalue weighted by molar-refractivity contribution is -0.111. The number of hydrogen-bond donors (Lipinski definition) is 1. The summed E-state index contributed by atoms with van der Waals surface area (Å²) >= 11 is 0. The van der Waals surface area contributed by atoms with Crippen LogP contribution in [-0.4, -0.2) is 35.7 Å². The van der Waals surface area contributed by atoms with Crippen LogP contribution in [0.25, 0.3) is 0 Å². The Morgan fingerprint density at radius 2 is 1.69 bits per heavy atom. The van der Waals surface area contributed by atoms with E-state index in [-0.39, 0.29) is 5.60 Å². The van der Waals surface area contributed by atoms with Gasteiger partial charge in [-0.05, 0) is 25.8 Å². The first-order chi connectivity index (χ1) is 6.05. The van der Waals surface area contributed by atoms with Crippen molar-refractivity contribution in [3.8, 4) is 0 Å².